The lowest BCUT2D eigenvalue weighted by atomic mass is 9.74. The number of aliphatic hydroxyl groups is 1. The second-order valence-electron chi connectivity index (χ2n) is 5.72. The Balaban J connectivity index is 1.74. The molecule has 2 rings (SSSR count). The summed E-state index contributed by atoms with van der Waals surface area (Å²) in [6.07, 6.45) is 5.56. The summed E-state index contributed by atoms with van der Waals surface area (Å²) in [5, 5.41) is 15.6. The number of para-hydroxylation sites is 1. The normalized spacial score (nSPS) is 17.4. The fourth-order valence-electron chi connectivity index (χ4n) is 2.78. The van der Waals surface area contributed by atoms with E-state index >= 15 is 0 Å². The molecular formula is C16H24N2O2. The quantitative estimate of drug-likeness (QED) is 0.746. The van der Waals surface area contributed by atoms with Crippen LogP contribution in [0, 0.1) is 5.41 Å². The van der Waals surface area contributed by atoms with E-state index in [1.807, 2.05) is 30.3 Å². The molecule has 1 aliphatic carbocycles. The summed E-state index contributed by atoms with van der Waals surface area (Å²) in [6.45, 7) is 1.02. The molecule has 1 aliphatic rings. The van der Waals surface area contributed by atoms with Crippen molar-refractivity contribution in [1.82, 2.24) is 5.32 Å². The van der Waals surface area contributed by atoms with Gasteiger partial charge in [0.15, 0.2) is 0 Å². The maximum Gasteiger partial charge on any atom is 0.239 e. The van der Waals surface area contributed by atoms with Crippen LogP contribution in [0.3, 0.4) is 0 Å². The number of benzene rings is 1. The van der Waals surface area contributed by atoms with Gasteiger partial charge >= 0.3 is 0 Å². The zero-order valence-corrected chi connectivity index (χ0v) is 11.9. The molecule has 0 radical (unpaired) electrons. The summed E-state index contributed by atoms with van der Waals surface area (Å²) in [7, 11) is 0. The van der Waals surface area contributed by atoms with Crippen LogP contribution in [0.25, 0.3) is 0 Å². The topological polar surface area (TPSA) is 61.4 Å². The van der Waals surface area contributed by atoms with Crippen molar-refractivity contribution in [1.29, 1.82) is 0 Å². The first kappa shape index (κ1) is 14.9. The number of hydrogen-bond acceptors (Lipinski definition) is 3. The highest BCUT2D eigenvalue weighted by molar-refractivity contribution is 5.80. The van der Waals surface area contributed by atoms with Gasteiger partial charge in [-0.3, -0.25) is 4.79 Å². The molecule has 20 heavy (non-hydrogen) atoms. The van der Waals surface area contributed by atoms with E-state index in [0.717, 1.165) is 31.4 Å². The number of amides is 1. The second kappa shape index (κ2) is 7.29. The van der Waals surface area contributed by atoms with E-state index in [9.17, 15) is 9.90 Å². The molecular weight excluding hydrogens is 252 g/mol. The molecule has 110 valence electrons. The van der Waals surface area contributed by atoms with Gasteiger partial charge in [-0.1, -0.05) is 37.5 Å². The Labute approximate surface area is 120 Å². The minimum Gasteiger partial charge on any atom is -0.396 e. The minimum atomic E-state index is -0.0966. The third-order valence-electron chi connectivity index (χ3n) is 4.14. The standard InChI is InChI=1S/C16H24N2O2/c19-13-16(9-5-2-6-10-16)12-18-15(20)11-17-14-7-3-1-4-8-14/h1,3-4,7-8,17,19H,2,5-6,9-13H2,(H,18,20). The Kier molecular flexibility index (Phi) is 5.41. The largest absolute Gasteiger partial charge is 0.396 e. The van der Waals surface area contributed by atoms with E-state index in [1.165, 1.54) is 6.42 Å². The predicted molar refractivity (Wildman–Crippen MR) is 80.5 cm³/mol. The highest BCUT2D eigenvalue weighted by atomic mass is 16.3. The van der Waals surface area contributed by atoms with Crippen LogP contribution in [0.5, 0.6) is 0 Å². The van der Waals surface area contributed by atoms with Gasteiger partial charge in [-0.05, 0) is 25.0 Å². The van der Waals surface area contributed by atoms with Crippen LogP contribution in [0.2, 0.25) is 0 Å². The zero-order chi connectivity index (χ0) is 14.3. The molecule has 1 amide bonds. The summed E-state index contributed by atoms with van der Waals surface area (Å²) >= 11 is 0. The molecule has 0 spiro atoms. The van der Waals surface area contributed by atoms with Gasteiger partial charge < -0.3 is 15.7 Å². The zero-order valence-electron chi connectivity index (χ0n) is 11.9. The van der Waals surface area contributed by atoms with E-state index < -0.39 is 0 Å². The number of nitrogens with one attached hydrogen (secondary N) is 2. The Morgan fingerprint density at radius 3 is 2.50 bits per heavy atom. The van der Waals surface area contributed by atoms with E-state index in [4.69, 9.17) is 0 Å². The van der Waals surface area contributed by atoms with Gasteiger partial charge in [0.25, 0.3) is 0 Å². The first-order valence-electron chi connectivity index (χ1n) is 7.41. The maximum absolute atomic E-state index is 11.9. The number of aliphatic hydroxyl groups excluding tert-OH is 1. The molecule has 0 heterocycles. The first-order chi connectivity index (χ1) is 9.74. The summed E-state index contributed by atoms with van der Waals surface area (Å²) in [4.78, 5) is 11.9. The molecule has 0 atom stereocenters. The molecule has 0 unspecified atom stereocenters. The van der Waals surface area contributed by atoms with Crippen molar-refractivity contribution >= 4 is 11.6 Å². The number of carbonyl (C=O) groups is 1. The summed E-state index contributed by atoms with van der Waals surface area (Å²) in [6, 6.07) is 9.68. The number of anilines is 1. The van der Waals surface area contributed by atoms with Crippen LogP contribution in [0.15, 0.2) is 30.3 Å². The van der Waals surface area contributed by atoms with E-state index in [0.29, 0.717) is 6.54 Å². The van der Waals surface area contributed by atoms with Crippen LogP contribution in [0.4, 0.5) is 5.69 Å². The maximum atomic E-state index is 11.9. The fraction of sp³-hybridized carbons (Fsp3) is 0.562. The van der Waals surface area contributed by atoms with Gasteiger partial charge in [0.05, 0.1) is 13.2 Å². The van der Waals surface area contributed by atoms with E-state index in [-0.39, 0.29) is 24.5 Å². The Hall–Kier alpha value is -1.55. The Morgan fingerprint density at radius 1 is 1.15 bits per heavy atom. The highest BCUT2D eigenvalue weighted by Crippen LogP contribution is 2.35. The molecule has 1 fully saturated rings. The van der Waals surface area contributed by atoms with Crippen molar-refractivity contribution in [2.24, 2.45) is 5.41 Å². The van der Waals surface area contributed by atoms with E-state index in [2.05, 4.69) is 10.6 Å². The van der Waals surface area contributed by atoms with Crippen molar-refractivity contribution in [3.63, 3.8) is 0 Å². The van der Waals surface area contributed by atoms with Gasteiger partial charge in [0.2, 0.25) is 5.91 Å². The molecule has 1 aromatic rings. The predicted octanol–water partition coefficient (Wildman–Crippen LogP) is 2.16. The molecule has 0 saturated heterocycles. The van der Waals surface area contributed by atoms with Gasteiger partial charge in [0, 0.05) is 17.6 Å². The Bertz CT molecular complexity index is 414. The molecule has 0 aromatic heterocycles. The number of hydrogen-bond donors (Lipinski definition) is 3. The van der Waals surface area contributed by atoms with Crippen molar-refractivity contribution in [3.05, 3.63) is 30.3 Å². The third-order valence-corrected chi connectivity index (χ3v) is 4.14. The second-order valence-corrected chi connectivity index (χ2v) is 5.72. The Morgan fingerprint density at radius 2 is 1.85 bits per heavy atom. The smallest absolute Gasteiger partial charge is 0.239 e. The van der Waals surface area contributed by atoms with Crippen LogP contribution in [-0.2, 0) is 4.79 Å². The van der Waals surface area contributed by atoms with Crippen LogP contribution in [0.1, 0.15) is 32.1 Å². The average Bonchev–Trinajstić information content (AvgIpc) is 2.53. The first-order valence-corrected chi connectivity index (χ1v) is 7.41. The van der Waals surface area contributed by atoms with Crippen LogP contribution < -0.4 is 10.6 Å². The molecule has 3 N–H and O–H groups in total. The summed E-state index contributed by atoms with van der Waals surface area (Å²) in [5.74, 6) is -0.0211. The average molecular weight is 276 g/mol. The molecule has 0 aliphatic heterocycles. The molecule has 1 aromatic carbocycles. The highest BCUT2D eigenvalue weighted by Gasteiger charge is 2.31. The number of carbonyl (C=O) groups excluding carboxylic acids is 1. The van der Waals surface area contributed by atoms with Crippen molar-refractivity contribution < 1.29 is 9.90 Å². The molecule has 1 saturated carbocycles. The van der Waals surface area contributed by atoms with Crippen LogP contribution in [-0.4, -0.2) is 30.7 Å². The lowest BCUT2D eigenvalue weighted by molar-refractivity contribution is -0.120. The SMILES string of the molecule is O=C(CNc1ccccc1)NCC1(CO)CCCCC1. The van der Waals surface area contributed by atoms with Crippen molar-refractivity contribution in [2.75, 3.05) is 25.0 Å². The van der Waals surface area contributed by atoms with Gasteiger partial charge in [-0.25, -0.2) is 0 Å². The van der Waals surface area contributed by atoms with Crippen LogP contribution >= 0.6 is 0 Å². The van der Waals surface area contributed by atoms with Gasteiger partial charge in [-0.15, -0.1) is 0 Å². The van der Waals surface area contributed by atoms with Crippen molar-refractivity contribution in [2.45, 2.75) is 32.1 Å². The van der Waals surface area contributed by atoms with Gasteiger partial charge in [0.1, 0.15) is 0 Å². The van der Waals surface area contributed by atoms with Gasteiger partial charge in [-0.2, -0.15) is 0 Å². The lowest BCUT2D eigenvalue weighted by Gasteiger charge is -2.35. The molecule has 4 nitrogen and oxygen atoms in total. The molecule has 0 bridgehead atoms. The fourth-order valence-corrected chi connectivity index (χ4v) is 2.78. The minimum absolute atomic E-state index is 0.0211. The monoisotopic (exact) mass is 276 g/mol. The number of rotatable bonds is 6. The third kappa shape index (κ3) is 4.23. The molecule has 4 heteroatoms. The van der Waals surface area contributed by atoms with E-state index in [1.54, 1.807) is 0 Å². The summed E-state index contributed by atoms with van der Waals surface area (Å²) < 4.78 is 0. The summed E-state index contributed by atoms with van der Waals surface area (Å²) in [5.41, 5.74) is 0.845. The lowest BCUT2D eigenvalue weighted by Crippen LogP contribution is -2.43. The van der Waals surface area contributed by atoms with Crippen molar-refractivity contribution in [3.8, 4) is 0 Å².